The Morgan fingerprint density at radius 3 is 2.64 bits per heavy atom. The van der Waals surface area contributed by atoms with E-state index in [-0.39, 0.29) is 17.8 Å². The van der Waals surface area contributed by atoms with Crippen LogP contribution in [0.15, 0.2) is 30.3 Å². The van der Waals surface area contributed by atoms with Crippen LogP contribution in [0, 0.1) is 0 Å². The van der Waals surface area contributed by atoms with Crippen LogP contribution in [0.4, 0.5) is 0 Å². The number of benzene rings is 1. The molecule has 0 amide bonds. The second kappa shape index (κ2) is 5.66. The van der Waals surface area contributed by atoms with Crippen molar-refractivity contribution in [2.24, 2.45) is 0 Å². The summed E-state index contributed by atoms with van der Waals surface area (Å²) in [4.78, 5) is 11.1. The first-order chi connectivity index (χ1) is 6.74. The number of esters is 1. The summed E-state index contributed by atoms with van der Waals surface area (Å²) in [6.45, 7) is 2.18. The van der Waals surface area contributed by atoms with Gasteiger partial charge in [-0.1, -0.05) is 30.3 Å². The second-order valence-electron chi connectivity index (χ2n) is 2.89. The van der Waals surface area contributed by atoms with Crippen molar-refractivity contribution >= 4 is 17.6 Å². The molecular formula is C11H13ClO2. The highest BCUT2D eigenvalue weighted by Gasteiger charge is 2.13. The first kappa shape index (κ1) is 11.1. The maximum absolute atomic E-state index is 11.1. The number of carbonyl (C=O) groups excluding carboxylic acids is 1. The van der Waals surface area contributed by atoms with Crippen LogP contribution >= 0.6 is 11.6 Å². The third-order valence-corrected chi connectivity index (χ3v) is 2.22. The van der Waals surface area contributed by atoms with Crippen molar-refractivity contribution in [1.29, 1.82) is 0 Å². The molecule has 0 bridgehead atoms. The molecule has 0 heterocycles. The number of hydrogen-bond donors (Lipinski definition) is 0. The summed E-state index contributed by atoms with van der Waals surface area (Å²) >= 11 is 6.04. The lowest BCUT2D eigenvalue weighted by Crippen LogP contribution is -2.06. The molecule has 0 radical (unpaired) electrons. The standard InChI is InChI=1S/C11H13ClO2/c1-2-14-11(13)8-10(12)9-6-4-3-5-7-9/h3-7,10H,2,8H2,1H3/t10-/m0/s1. The van der Waals surface area contributed by atoms with E-state index in [0.29, 0.717) is 6.61 Å². The third kappa shape index (κ3) is 3.38. The number of hydrogen-bond acceptors (Lipinski definition) is 2. The molecule has 1 rings (SSSR count). The van der Waals surface area contributed by atoms with E-state index in [4.69, 9.17) is 16.3 Å². The molecule has 0 aromatic heterocycles. The molecule has 0 N–H and O–H groups in total. The summed E-state index contributed by atoms with van der Waals surface area (Å²) in [6, 6.07) is 9.51. The average Bonchev–Trinajstić information content (AvgIpc) is 2.19. The quantitative estimate of drug-likeness (QED) is 0.567. The smallest absolute Gasteiger partial charge is 0.307 e. The highest BCUT2D eigenvalue weighted by atomic mass is 35.5. The molecule has 0 unspecified atom stereocenters. The summed E-state index contributed by atoms with van der Waals surface area (Å²) in [7, 11) is 0. The summed E-state index contributed by atoms with van der Waals surface area (Å²) in [6.07, 6.45) is 0.222. The minimum Gasteiger partial charge on any atom is -0.466 e. The van der Waals surface area contributed by atoms with E-state index < -0.39 is 0 Å². The second-order valence-corrected chi connectivity index (χ2v) is 3.41. The predicted molar refractivity (Wildman–Crippen MR) is 56.3 cm³/mol. The van der Waals surface area contributed by atoms with Gasteiger partial charge in [0, 0.05) is 0 Å². The molecule has 0 aliphatic rings. The van der Waals surface area contributed by atoms with E-state index >= 15 is 0 Å². The molecule has 2 nitrogen and oxygen atoms in total. The minimum atomic E-state index is -0.296. The van der Waals surface area contributed by atoms with Crippen molar-refractivity contribution in [2.45, 2.75) is 18.7 Å². The van der Waals surface area contributed by atoms with Crippen LogP contribution in [0.1, 0.15) is 24.3 Å². The van der Waals surface area contributed by atoms with Gasteiger partial charge in [0.15, 0.2) is 0 Å². The molecule has 0 aliphatic carbocycles. The Bertz CT molecular complexity index is 285. The van der Waals surface area contributed by atoms with Gasteiger partial charge in [0.1, 0.15) is 0 Å². The topological polar surface area (TPSA) is 26.3 Å². The zero-order valence-electron chi connectivity index (χ0n) is 8.07. The molecule has 76 valence electrons. The van der Waals surface area contributed by atoms with Crippen LogP contribution < -0.4 is 0 Å². The highest BCUT2D eigenvalue weighted by molar-refractivity contribution is 6.21. The van der Waals surface area contributed by atoms with E-state index in [9.17, 15) is 4.79 Å². The Morgan fingerprint density at radius 2 is 2.07 bits per heavy atom. The van der Waals surface area contributed by atoms with Crippen LogP contribution in [-0.4, -0.2) is 12.6 Å². The van der Waals surface area contributed by atoms with Gasteiger partial charge in [-0.25, -0.2) is 0 Å². The minimum absolute atomic E-state index is 0.222. The van der Waals surface area contributed by atoms with Crippen molar-refractivity contribution in [3.8, 4) is 0 Å². The third-order valence-electron chi connectivity index (χ3n) is 1.81. The highest BCUT2D eigenvalue weighted by Crippen LogP contribution is 2.23. The zero-order chi connectivity index (χ0) is 10.4. The lowest BCUT2D eigenvalue weighted by atomic mass is 10.1. The summed E-state index contributed by atoms with van der Waals surface area (Å²) in [5.41, 5.74) is 0.946. The van der Waals surface area contributed by atoms with E-state index in [1.807, 2.05) is 30.3 Å². The number of rotatable bonds is 4. The van der Waals surface area contributed by atoms with E-state index in [1.165, 1.54) is 0 Å². The lowest BCUT2D eigenvalue weighted by molar-refractivity contribution is -0.143. The molecule has 1 atom stereocenters. The first-order valence-electron chi connectivity index (χ1n) is 4.58. The molecule has 0 aliphatic heterocycles. The Balaban J connectivity index is 2.50. The van der Waals surface area contributed by atoms with Crippen molar-refractivity contribution in [2.75, 3.05) is 6.61 Å². The first-order valence-corrected chi connectivity index (χ1v) is 5.02. The summed E-state index contributed by atoms with van der Waals surface area (Å²) < 4.78 is 4.81. The normalized spacial score (nSPS) is 12.1. The summed E-state index contributed by atoms with van der Waals surface area (Å²) in [5.74, 6) is -0.253. The Labute approximate surface area is 88.8 Å². The van der Waals surface area contributed by atoms with Gasteiger partial charge in [-0.15, -0.1) is 11.6 Å². The Morgan fingerprint density at radius 1 is 1.43 bits per heavy atom. The van der Waals surface area contributed by atoms with Crippen LogP contribution in [0.2, 0.25) is 0 Å². The van der Waals surface area contributed by atoms with Gasteiger partial charge in [-0.2, -0.15) is 0 Å². The van der Waals surface area contributed by atoms with Crippen LogP contribution in [0.25, 0.3) is 0 Å². The van der Waals surface area contributed by atoms with Gasteiger partial charge in [-0.3, -0.25) is 4.79 Å². The monoisotopic (exact) mass is 212 g/mol. The average molecular weight is 213 g/mol. The molecule has 0 saturated carbocycles. The lowest BCUT2D eigenvalue weighted by Gasteiger charge is -2.08. The van der Waals surface area contributed by atoms with Gasteiger partial charge in [0.25, 0.3) is 0 Å². The molecule has 3 heteroatoms. The largest absolute Gasteiger partial charge is 0.466 e. The molecule has 0 fully saturated rings. The molecule has 0 saturated heterocycles. The molecule has 14 heavy (non-hydrogen) atoms. The van der Waals surface area contributed by atoms with E-state index in [0.717, 1.165) is 5.56 Å². The fourth-order valence-electron chi connectivity index (χ4n) is 1.15. The van der Waals surface area contributed by atoms with Crippen molar-refractivity contribution in [3.63, 3.8) is 0 Å². The predicted octanol–water partition coefficient (Wildman–Crippen LogP) is 2.92. The van der Waals surface area contributed by atoms with Crippen molar-refractivity contribution in [3.05, 3.63) is 35.9 Å². The molecule has 0 spiro atoms. The number of carbonyl (C=O) groups is 1. The fourth-order valence-corrected chi connectivity index (χ4v) is 1.42. The number of alkyl halides is 1. The summed E-state index contributed by atoms with van der Waals surface area (Å²) in [5, 5.41) is -0.296. The van der Waals surface area contributed by atoms with Crippen LogP contribution in [-0.2, 0) is 9.53 Å². The van der Waals surface area contributed by atoms with E-state index in [2.05, 4.69) is 0 Å². The molecule has 1 aromatic carbocycles. The van der Waals surface area contributed by atoms with Crippen LogP contribution in [0.3, 0.4) is 0 Å². The van der Waals surface area contributed by atoms with Gasteiger partial charge in [0.2, 0.25) is 0 Å². The zero-order valence-corrected chi connectivity index (χ0v) is 8.83. The van der Waals surface area contributed by atoms with Gasteiger partial charge in [-0.05, 0) is 12.5 Å². The van der Waals surface area contributed by atoms with Gasteiger partial charge >= 0.3 is 5.97 Å². The Hall–Kier alpha value is -1.02. The Kier molecular flexibility index (Phi) is 4.47. The number of halogens is 1. The molecular weight excluding hydrogens is 200 g/mol. The number of ether oxygens (including phenoxy) is 1. The van der Waals surface area contributed by atoms with Gasteiger partial charge < -0.3 is 4.74 Å². The maximum atomic E-state index is 11.1. The van der Waals surface area contributed by atoms with E-state index in [1.54, 1.807) is 6.92 Å². The van der Waals surface area contributed by atoms with Crippen LogP contribution in [0.5, 0.6) is 0 Å². The molecule has 1 aromatic rings. The van der Waals surface area contributed by atoms with Crippen molar-refractivity contribution in [1.82, 2.24) is 0 Å². The van der Waals surface area contributed by atoms with Crippen molar-refractivity contribution < 1.29 is 9.53 Å². The SMILES string of the molecule is CCOC(=O)C[C@H](Cl)c1ccccc1. The fraction of sp³-hybridized carbons (Fsp3) is 0.364. The van der Waals surface area contributed by atoms with Gasteiger partial charge in [0.05, 0.1) is 18.4 Å². The maximum Gasteiger partial charge on any atom is 0.307 e.